The lowest BCUT2D eigenvalue weighted by atomic mass is 9.89. The molecule has 1 saturated carbocycles. The molecule has 1 aromatic carbocycles. The van der Waals surface area contributed by atoms with Crippen molar-refractivity contribution < 1.29 is 14.6 Å². The van der Waals surface area contributed by atoms with Gasteiger partial charge in [-0.3, -0.25) is 4.90 Å². The van der Waals surface area contributed by atoms with Crippen molar-refractivity contribution in [1.29, 1.82) is 0 Å². The lowest BCUT2D eigenvalue weighted by Gasteiger charge is -2.47. The predicted molar refractivity (Wildman–Crippen MR) is 99.5 cm³/mol. The van der Waals surface area contributed by atoms with Gasteiger partial charge in [0.1, 0.15) is 0 Å². The summed E-state index contributed by atoms with van der Waals surface area (Å²) in [5.74, 6) is 0. The summed E-state index contributed by atoms with van der Waals surface area (Å²) < 4.78 is 7.01. The van der Waals surface area contributed by atoms with Gasteiger partial charge in [0, 0.05) is 22.3 Å². The molecule has 23 heavy (non-hydrogen) atoms. The van der Waals surface area contributed by atoms with Gasteiger partial charge >= 0.3 is 6.09 Å². The minimum Gasteiger partial charge on any atom is -0.465 e. The highest BCUT2D eigenvalue weighted by molar-refractivity contribution is 14.1. The third-order valence-electron chi connectivity index (χ3n) is 4.76. The van der Waals surface area contributed by atoms with Crippen molar-refractivity contribution in [3.63, 3.8) is 0 Å². The maximum absolute atomic E-state index is 12.2. The van der Waals surface area contributed by atoms with E-state index in [4.69, 9.17) is 4.74 Å². The minimum atomic E-state index is -0.902. The largest absolute Gasteiger partial charge is 0.465 e. The zero-order valence-corrected chi connectivity index (χ0v) is 16.1. The number of carbonyl (C=O) groups is 1. The van der Waals surface area contributed by atoms with Gasteiger partial charge in [-0.2, -0.15) is 0 Å². The molecule has 5 heteroatoms. The van der Waals surface area contributed by atoms with Crippen molar-refractivity contribution >= 4 is 28.7 Å². The normalized spacial score (nSPS) is 18.4. The first-order valence-electron chi connectivity index (χ1n) is 8.39. The van der Waals surface area contributed by atoms with Crippen molar-refractivity contribution in [2.75, 3.05) is 7.11 Å². The van der Waals surface area contributed by atoms with Gasteiger partial charge in [0.2, 0.25) is 0 Å². The molecule has 0 heterocycles. The van der Waals surface area contributed by atoms with E-state index in [1.54, 1.807) is 12.0 Å². The highest BCUT2D eigenvalue weighted by Gasteiger charge is 2.46. The SMILES string of the molecule is CCCC(OC)(c1ccccc1I)N(C(=O)O)C1CCCCC1. The molecule has 0 saturated heterocycles. The molecule has 1 aromatic rings. The van der Waals surface area contributed by atoms with Gasteiger partial charge in [-0.1, -0.05) is 50.8 Å². The minimum absolute atomic E-state index is 0.0313. The van der Waals surface area contributed by atoms with Crippen molar-refractivity contribution in [2.45, 2.75) is 63.6 Å². The average Bonchev–Trinajstić information content (AvgIpc) is 2.55. The molecule has 1 N–H and O–H groups in total. The first kappa shape index (κ1) is 18.5. The Morgan fingerprint density at radius 2 is 2.00 bits per heavy atom. The van der Waals surface area contributed by atoms with Crippen LogP contribution in [-0.4, -0.2) is 29.3 Å². The zero-order chi connectivity index (χ0) is 16.9. The fourth-order valence-corrected chi connectivity index (χ4v) is 4.57. The summed E-state index contributed by atoms with van der Waals surface area (Å²) in [5.41, 5.74) is 0.0540. The summed E-state index contributed by atoms with van der Waals surface area (Å²) >= 11 is 2.28. The molecule has 2 rings (SSSR count). The summed E-state index contributed by atoms with van der Waals surface area (Å²) in [6.45, 7) is 2.07. The first-order valence-corrected chi connectivity index (χ1v) is 9.47. The Kier molecular flexibility index (Phi) is 6.71. The van der Waals surface area contributed by atoms with E-state index in [9.17, 15) is 9.90 Å². The van der Waals surface area contributed by atoms with Gasteiger partial charge in [-0.15, -0.1) is 0 Å². The second kappa shape index (κ2) is 8.33. The Labute approximate surface area is 152 Å². The third kappa shape index (κ3) is 3.82. The molecule has 1 atom stereocenters. The Bertz CT molecular complexity index is 531. The second-order valence-corrected chi connectivity index (χ2v) is 7.32. The van der Waals surface area contributed by atoms with Crippen LogP contribution in [0.4, 0.5) is 4.79 Å². The maximum atomic E-state index is 12.2. The number of carboxylic acid groups (broad SMARTS) is 1. The van der Waals surface area contributed by atoms with E-state index >= 15 is 0 Å². The number of benzene rings is 1. The summed E-state index contributed by atoms with van der Waals surface area (Å²) in [5, 5.41) is 10.0. The molecule has 128 valence electrons. The zero-order valence-electron chi connectivity index (χ0n) is 13.9. The molecule has 0 radical (unpaired) electrons. The van der Waals surface area contributed by atoms with Crippen LogP contribution in [0.15, 0.2) is 24.3 Å². The van der Waals surface area contributed by atoms with Gasteiger partial charge in [0.15, 0.2) is 5.72 Å². The van der Waals surface area contributed by atoms with E-state index in [1.807, 2.05) is 24.3 Å². The standard InChI is InChI=1S/C18H26INO3/c1-3-13-18(23-2,15-11-7-8-12-16(15)19)20(17(21)22)14-9-5-4-6-10-14/h7-8,11-12,14H,3-6,9-10,13H2,1-2H3,(H,21,22). The summed E-state index contributed by atoms with van der Waals surface area (Å²) in [7, 11) is 1.64. The highest BCUT2D eigenvalue weighted by atomic mass is 127. The van der Waals surface area contributed by atoms with Gasteiger partial charge in [-0.05, 0) is 47.9 Å². The molecular formula is C18H26INO3. The number of amides is 1. The van der Waals surface area contributed by atoms with Crippen molar-refractivity contribution in [3.8, 4) is 0 Å². The van der Waals surface area contributed by atoms with Gasteiger partial charge < -0.3 is 9.84 Å². The molecule has 1 aliphatic carbocycles. The van der Waals surface area contributed by atoms with Crippen LogP contribution in [0.2, 0.25) is 0 Å². The van der Waals surface area contributed by atoms with E-state index in [0.717, 1.165) is 41.2 Å². The smallest absolute Gasteiger partial charge is 0.410 e. The average molecular weight is 431 g/mol. The van der Waals surface area contributed by atoms with Gasteiger partial charge in [-0.25, -0.2) is 4.79 Å². The summed E-state index contributed by atoms with van der Waals surface area (Å²) in [4.78, 5) is 13.8. The molecule has 0 aliphatic heterocycles. The molecular weight excluding hydrogens is 405 g/mol. The van der Waals surface area contributed by atoms with E-state index in [-0.39, 0.29) is 6.04 Å². The Morgan fingerprint density at radius 3 is 2.52 bits per heavy atom. The molecule has 1 aliphatic rings. The fraction of sp³-hybridized carbons (Fsp3) is 0.611. The van der Waals surface area contributed by atoms with Crippen LogP contribution in [0.1, 0.15) is 57.4 Å². The quantitative estimate of drug-likeness (QED) is 0.498. The first-order chi connectivity index (χ1) is 11.1. The number of nitrogens with zero attached hydrogens (tertiary/aromatic N) is 1. The van der Waals surface area contributed by atoms with Crippen LogP contribution in [0, 0.1) is 3.57 Å². The molecule has 1 unspecified atom stereocenters. The van der Waals surface area contributed by atoms with Crippen LogP contribution in [0.5, 0.6) is 0 Å². The highest BCUT2D eigenvalue weighted by Crippen LogP contribution is 2.41. The third-order valence-corrected chi connectivity index (χ3v) is 5.70. The summed E-state index contributed by atoms with van der Waals surface area (Å²) in [6, 6.07) is 7.98. The van der Waals surface area contributed by atoms with Crippen molar-refractivity contribution in [1.82, 2.24) is 4.90 Å². The fourth-order valence-electron chi connectivity index (χ4n) is 3.76. The number of methoxy groups -OCH3 is 1. The van der Waals surface area contributed by atoms with E-state index in [0.29, 0.717) is 6.42 Å². The number of rotatable bonds is 6. The predicted octanol–water partition coefficient (Wildman–Crippen LogP) is 5.20. The number of ether oxygens (including phenoxy) is 1. The van der Waals surface area contributed by atoms with Crippen molar-refractivity contribution in [3.05, 3.63) is 33.4 Å². The van der Waals surface area contributed by atoms with E-state index in [1.165, 1.54) is 6.42 Å². The molecule has 1 fully saturated rings. The Hall–Kier alpha value is -0.820. The molecule has 0 aromatic heterocycles. The van der Waals surface area contributed by atoms with Gasteiger partial charge in [0.25, 0.3) is 0 Å². The van der Waals surface area contributed by atoms with E-state index < -0.39 is 11.8 Å². The number of hydrogen-bond donors (Lipinski definition) is 1. The van der Waals surface area contributed by atoms with Crippen LogP contribution in [-0.2, 0) is 10.5 Å². The molecule has 1 amide bonds. The lowest BCUT2D eigenvalue weighted by molar-refractivity contribution is -0.153. The molecule has 4 nitrogen and oxygen atoms in total. The Morgan fingerprint density at radius 1 is 1.35 bits per heavy atom. The lowest BCUT2D eigenvalue weighted by Crippen LogP contribution is -2.56. The van der Waals surface area contributed by atoms with Crippen molar-refractivity contribution in [2.24, 2.45) is 0 Å². The topological polar surface area (TPSA) is 49.8 Å². The van der Waals surface area contributed by atoms with E-state index in [2.05, 4.69) is 29.5 Å². The Balaban J connectivity index is 2.53. The van der Waals surface area contributed by atoms with Crippen LogP contribution in [0.25, 0.3) is 0 Å². The molecule has 0 bridgehead atoms. The van der Waals surface area contributed by atoms with Gasteiger partial charge in [0.05, 0.1) is 0 Å². The van der Waals surface area contributed by atoms with Crippen LogP contribution >= 0.6 is 22.6 Å². The maximum Gasteiger partial charge on any atom is 0.410 e. The monoisotopic (exact) mass is 431 g/mol. The summed E-state index contributed by atoms with van der Waals surface area (Å²) in [6.07, 6.45) is 5.85. The number of hydrogen-bond acceptors (Lipinski definition) is 2. The van der Waals surface area contributed by atoms with Crippen LogP contribution in [0.3, 0.4) is 0 Å². The second-order valence-electron chi connectivity index (χ2n) is 6.16. The molecule has 0 spiro atoms. The van der Waals surface area contributed by atoms with Crippen LogP contribution < -0.4 is 0 Å². The number of halogens is 1.